The predicted octanol–water partition coefficient (Wildman–Crippen LogP) is 6.72. The molecule has 0 spiro atoms. The summed E-state index contributed by atoms with van der Waals surface area (Å²) in [6, 6.07) is 13.5. The monoisotopic (exact) mass is 576 g/mol. The molecule has 8 nitrogen and oxygen atoms in total. The summed E-state index contributed by atoms with van der Waals surface area (Å²) in [6.45, 7) is 8.31. The highest BCUT2D eigenvalue weighted by Gasteiger charge is 2.26. The number of benzene rings is 2. The van der Waals surface area contributed by atoms with Crippen LogP contribution in [0.3, 0.4) is 0 Å². The van der Waals surface area contributed by atoms with Crippen LogP contribution in [-0.2, 0) is 14.3 Å². The van der Waals surface area contributed by atoms with Crippen LogP contribution in [0.25, 0.3) is 0 Å². The Morgan fingerprint density at radius 3 is 2.21 bits per heavy atom. The molecule has 1 atom stereocenters. The summed E-state index contributed by atoms with van der Waals surface area (Å²) in [5.41, 5.74) is 6.51. The summed E-state index contributed by atoms with van der Waals surface area (Å²) in [7, 11) is 0. The van der Waals surface area contributed by atoms with E-state index in [0.717, 1.165) is 18.6 Å². The zero-order chi connectivity index (χ0) is 30.5. The molecule has 42 heavy (non-hydrogen) atoms. The normalized spacial score (nSPS) is 14.6. The standard InChI is InChI=1S/C34H44N2O6/c1-5-6-7-8-9-22-40-29-20-14-27(15-21-29)33(39)41-30-18-10-25(11-19-30)23-36(24-31(37)42-34(2,3)4)32(38)26-12-16-28(35)17-13-26/h10,12-21,25H,5-9,11,22-24,35H2,1-4H3. The van der Waals surface area contributed by atoms with Crippen LogP contribution in [-0.4, -0.2) is 48.0 Å². The minimum atomic E-state index is -0.666. The molecule has 226 valence electrons. The quantitative estimate of drug-likeness (QED) is 0.151. The van der Waals surface area contributed by atoms with Gasteiger partial charge in [0.25, 0.3) is 5.91 Å². The van der Waals surface area contributed by atoms with Gasteiger partial charge in [-0.15, -0.1) is 0 Å². The summed E-state index contributed by atoms with van der Waals surface area (Å²) in [5.74, 6) is -0.149. The SMILES string of the molecule is CCCCCCCOc1ccc(C(=O)OC2=CCC(CN(CC(=O)OC(C)(C)C)C(=O)c3ccc(N)cc3)C=C2)cc1. The van der Waals surface area contributed by atoms with Crippen LogP contribution >= 0.6 is 0 Å². The third-order valence-corrected chi connectivity index (χ3v) is 6.61. The van der Waals surface area contributed by atoms with Crippen molar-refractivity contribution in [3.8, 4) is 5.75 Å². The first-order chi connectivity index (χ1) is 20.0. The minimum absolute atomic E-state index is 0.0778. The molecule has 1 aliphatic carbocycles. The van der Waals surface area contributed by atoms with Gasteiger partial charge in [0.1, 0.15) is 23.7 Å². The lowest BCUT2D eigenvalue weighted by molar-refractivity contribution is -0.155. The lowest BCUT2D eigenvalue weighted by Crippen LogP contribution is -2.41. The average molecular weight is 577 g/mol. The molecule has 1 aliphatic rings. The molecule has 0 saturated carbocycles. The zero-order valence-corrected chi connectivity index (χ0v) is 25.3. The predicted molar refractivity (Wildman–Crippen MR) is 164 cm³/mol. The van der Waals surface area contributed by atoms with Crippen LogP contribution in [0.1, 0.15) is 86.9 Å². The number of nitrogen functional groups attached to an aromatic ring is 1. The van der Waals surface area contributed by atoms with E-state index in [9.17, 15) is 14.4 Å². The van der Waals surface area contributed by atoms with E-state index >= 15 is 0 Å². The molecule has 0 saturated heterocycles. The van der Waals surface area contributed by atoms with Crippen molar-refractivity contribution in [3.05, 3.63) is 83.6 Å². The third kappa shape index (κ3) is 11.1. The highest BCUT2D eigenvalue weighted by Crippen LogP contribution is 2.22. The van der Waals surface area contributed by atoms with Gasteiger partial charge >= 0.3 is 11.9 Å². The second-order valence-electron chi connectivity index (χ2n) is 11.5. The van der Waals surface area contributed by atoms with E-state index in [0.29, 0.717) is 35.6 Å². The molecule has 3 rings (SSSR count). The van der Waals surface area contributed by atoms with Gasteiger partial charge in [-0.2, -0.15) is 0 Å². The Balaban J connectivity index is 1.54. The Bertz CT molecular complexity index is 1240. The Kier molecular flexibility index (Phi) is 12.2. The minimum Gasteiger partial charge on any atom is -0.494 e. The number of carbonyl (C=O) groups is 3. The molecule has 0 aliphatic heterocycles. The van der Waals surface area contributed by atoms with Crippen molar-refractivity contribution in [2.75, 3.05) is 25.4 Å². The molecule has 8 heteroatoms. The number of hydrogen-bond donors (Lipinski definition) is 1. The molecule has 0 radical (unpaired) electrons. The number of hydrogen-bond acceptors (Lipinski definition) is 7. The number of amides is 1. The number of rotatable bonds is 14. The van der Waals surface area contributed by atoms with Crippen LogP contribution in [0.2, 0.25) is 0 Å². The van der Waals surface area contributed by atoms with Crippen molar-refractivity contribution in [2.24, 2.45) is 5.92 Å². The Hall–Kier alpha value is -4.07. The van der Waals surface area contributed by atoms with Crippen molar-refractivity contribution >= 4 is 23.5 Å². The summed E-state index contributed by atoms with van der Waals surface area (Å²) in [5, 5.41) is 0. The van der Waals surface area contributed by atoms with E-state index in [-0.39, 0.29) is 24.9 Å². The van der Waals surface area contributed by atoms with E-state index in [1.165, 1.54) is 24.2 Å². The summed E-state index contributed by atoms with van der Waals surface area (Å²) in [6.07, 6.45) is 11.8. The largest absolute Gasteiger partial charge is 0.494 e. The fourth-order valence-electron chi connectivity index (χ4n) is 4.45. The van der Waals surface area contributed by atoms with Crippen LogP contribution in [0, 0.1) is 5.92 Å². The van der Waals surface area contributed by atoms with Gasteiger partial charge in [0.05, 0.1) is 12.2 Å². The van der Waals surface area contributed by atoms with E-state index in [2.05, 4.69) is 6.92 Å². The fraction of sp³-hybridized carbons (Fsp3) is 0.441. The topological polar surface area (TPSA) is 108 Å². The third-order valence-electron chi connectivity index (χ3n) is 6.61. The molecular weight excluding hydrogens is 532 g/mol. The second-order valence-corrected chi connectivity index (χ2v) is 11.5. The van der Waals surface area contributed by atoms with E-state index in [4.69, 9.17) is 19.9 Å². The lowest BCUT2D eigenvalue weighted by atomic mass is 9.99. The number of anilines is 1. The number of carbonyl (C=O) groups excluding carboxylic acids is 3. The van der Waals surface area contributed by atoms with Gasteiger partial charge in [0.15, 0.2) is 0 Å². The van der Waals surface area contributed by atoms with Gasteiger partial charge in [0, 0.05) is 17.8 Å². The highest BCUT2D eigenvalue weighted by atomic mass is 16.6. The van der Waals surface area contributed by atoms with Gasteiger partial charge in [0.2, 0.25) is 0 Å². The highest BCUT2D eigenvalue weighted by molar-refractivity contribution is 5.96. The molecule has 2 N–H and O–H groups in total. The number of unbranched alkanes of at least 4 members (excludes halogenated alkanes) is 4. The summed E-state index contributed by atoms with van der Waals surface area (Å²) >= 11 is 0. The maximum Gasteiger partial charge on any atom is 0.343 e. The first-order valence-corrected chi connectivity index (χ1v) is 14.7. The molecular formula is C34H44N2O6. The lowest BCUT2D eigenvalue weighted by Gasteiger charge is -2.28. The van der Waals surface area contributed by atoms with E-state index < -0.39 is 17.5 Å². The van der Waals surface area contributed by atoms with Gasteiger partial charge in [-0.05, 0) is 100 Å². The van der Waals surface area contributed by atoms with Gasteiger partial charge in [-0.1, -0.05) is 38.7 Å². The average Bonchev–Trinajstić information content (AvgIpc) is 2.95. The van der Waals surface area contributed by atoms with Crippen molar-refractivity contribution < 1.29 is 28.6 Å². The van der Waals surface area contributed by atoms with E-state index in [1.54, 1.807) is 75.4 Å². The Morgan fingerprint density at radius 1 is 0.929 bits per heavy atom. The van der Waals surface area contributed by atoms with E-state index in [1.807, 2.05) is 12.2 Å². The van der Waals surface area contributed by atoms with Gasteiger partial charge in [-0.3, -0.25) is 9.59 Å². The molecule has 0 heterocycles. The molecule has 2 aromatic rings. The number of nitrogens with zero attached hydrogens (tertiary/aromatic N) is 1. The number of nitrogens with two attached hydrogens (primary N) is 1. The van der Waals surface area contributed by atoms with Crippen molar-refractivity contribution in [2.45, 2.75) is 71.8 Å². The Labute approximate surface area is 249 Å². The van der Waals surface area contributed by atoms with Crippen LogP contribution < -0.4 is 10.5 Å². The van der Waals surface area contributed by atoms with Crippen molar-refractivity contribution in [1.29, 1.82) is 0 Å². The van der Waals surface area contributed by atoms with Crippen LogP contribution in [0.4, 0.5) is 5.69 Å². The molecule has 0 fully saturated rings. The molecule has 2 aromatic carbocycles. The first-order valence-electron chi connectivity index (χ1n) is 14.7. The van der Waals surface area contributed by atoms with Crippen molar-refractivity contribution in [3.63, 3.8) is 0 Å². The maximum atomic E-state index is 13.3. The smallest absolute Gasteiger partial charge is 0.343 e. The van der Waals surface area contributed by atoms with Crippen LogP contribution in [0.5, 0.6) is 5.75 Å². The van der Waals surface area contributed by atoms with Crippen molar-refractivity contribution in [1.82, 2.24) is 4.90 Å². The van der Waals surface area contributed by atoms with Gasteiger partial charge in [-0.25, -0.2) is 4.79 Å². The number of esters is 2. The fourth-order valence-corrected chi connectivity index (χ4v) is 4.45. The Morgan fingerprint density at radius 2 is 1.60 bits per heavy atom. The van der Waals surface area contributed by atoms with Crippen LogP contribution in [0.15, 0.2) is 72.5 Å². The molecule has 0 bridgehead atoms. The number of allylic oxidation sites excluding steroid dienone is 2. The maximum absolute atomic E-state index is 13.3. The zero-order valence-electron chi connectivity index (χ0n) is 25.3. The number of ether oxygens (including phenoxy) is 3. The summed E-state index contributed by atoms with van der Waals surface area (Å²) < 4.78 is 16.8. The van der Waals surface area contributed by atoms with Gasteiger partial charge < -0.3 is 24.8 Å². The first kappa shape index (κ1) is 32.4. The summed E-state index contributed by atoms with van der Waals surface area (Å²) in [4.78, 5) is 40.1. The molecule has 1 unspecified atom stereocenters. The second kappa shape index (κ2) is 15.8. The molecule has 0 aromatic heterocycles. The molecule has 1 amide bonds.